The topological polar surface area (TPSA) is 95.6 Å². The molecule has 3 aromatic rings. The lowest BCUT2D eigenvalue weighted by molar-refractivity contribution is -0.121. The number of sulfone groups is 1. The molecular weight excluding hydrogens is 493 g/mol. The van der Waals surface area contributed by atoms with Crippen molar-refractivity contribution >= 4 is 44.8 Å². The molecular formula is C25H23ClFN3O4S. The van der Waals surface area contributed by atoms with E-state index < -0.39 is 38.5 Å². The molecule has 1 aliphatic rings. The van der Waals surface area contributed by atoms with Crippen molar-refractivity contribution in [1.29, 1.82) is 0 Å². The number of carbonyl (C=O) groups is 2. The van der Waals surface area contributed by atoms with Crippen LogP contribution in [0.3, 0.4) is 0 Å². The monoisotopic (exact) mass is 515 g/mol. The molecule has 1 fully saturated rings. The Morgan fingerprint density at radius 2 is 1.74 bits per heavy atom. The number of nitrogens with zero attached hydrogens (tertiary/aromatic N) is 1. The quantitative estimate of drug-likeness (QED) is 0.507. The fourth-order valence-corrected chi connectivity index (χ4v) is 5.21. The SMILES string of the molecule is CS(=O)(=O)c1c(-c2ccccc2)ccc(N2CCCC(NC(=O)Nc3ccc(Cl)cc3)C2=O)c1F. The van der Waals surface area contributed by atoms with Gasteiger partial charge in [0.15, 0.2) is 15.7 Å². The van der Waals surface area contributed by atoms with Gasteiger partial charge in [0.25, 0.3) is 0 Å². The minimum atomic E-state index is -3.96. The average Bonchev–Trinajstić information content (AvgIpc) is 2.82. The van der Waals surface area contributed by atoms with E-state index in [9.17, 15) is 18.0 Å². The Labute approximate surface area is 207 Å². The van der Waals surface area contributed by atoms with Gasteiger partial charge < -0.3 is 15.5 Å². The summed E-state index contributed by atoms with van der Waals surface area (Å²) < 4.78 is 40.8. The molecule has 3 aromatic carbocycles. The zero-order valence-electron chi connectivity index (χ0n) is 18.8. The largest absolute Gasteiger partial charge is 0.326 e. The van der Waals surface area contributed by atoms with Gasteiger partial charge in [0, 0.05) is 29.1 Å². The molecule has 10 heteroatoms. The first kappa shape index (κ1) is 24.7. The number of piperidine rings is 1. The molecule has 1 saturated heterocycles. The maximum Gasteiger partial charge on any atom is 0.319 e. The Morgan fingerprint density at radius 3 is 2.40 bits per heavy atom. The highest BCUT2D eigenvalue weighted by molar-refractivity contribution is 7.90. The van der Waals surface area contributed by atoms with Crippen LogP contribution in [-0.2, 0) is 14.6 Å². The molecule has 0 saturated carbocycles. The summed E-state index contributed by atoms with van der Waals surface area (Å²) in [5.41, 5.74) is 1.12. The van der Waals surface area contributed by atoms with E-state index in [4.69, 9.17) is 11.6 Å². The molecule has 2 N–H and O–H groups in total. The number of hydrogen-bond donors (Lipinski definition) is 2. The Bertz CT molecular complexity index is 1370. The van der Waals surface area contributed by atoms with Gasteiger partial charge in [-0.25, -0.2) is 17.6 Å². The fourth-order valence-electron chi connectivity index (χ4n) is 4.07. The normalized spacial score (nSPS) is 16.1. The van der Waals surface area contributed by atoms with Crippen LogP contribution in [-0.4, -0.2) is 39.2 Å². The molecule has 1 heterocycles. The molecule has 1 unspecified atom stereocenters. The first-order valence-electron chi connectivity index (χ1n) is 10.9. The average molecular weight is 516 g/mol. The number of benzene rings is 3. The molecule has 4 rings (SSSR count). The molecule has 182 valence electrons. The molecule has 3 amide bonds. The summed E-state index contributed by atoms with van der Waals surface area (Å²) in [6.07, 6.45) is 1.79. The first-order valence-corrected chi connectivity index (χ1v) is 13.1. The summed E-state index contributed by atoms with van der Waals surface area (Å²) in [6, 6.07) is 16.5. The van der Waals surface area contributed by atoms with Crippen molar-refractivity contribution in [3.05, 3.63) is 77.6 Å². The third-order valence-electron chi connectivity index (χ3n) is 5.67. The van der Waals surface area contributed by atoms with E-state index in [1.54, 1.807) is 54.6 Å². The van der Waals surface area contributed by atoms with E-state index in [1.165, 1.54) is 17.0 Å². The predicted octanol–water partition coefficient (Wildman–Crippen LogP) is 4.87. The lowest BCUT2D eigenvalue weighted by Gasteiger charge is -2.33. The van der Waals surface area contributed by atoms with Crippen LogP contribution in [0.1, 0.15) is 12.8 Å². The van der Waals surface area contributed by atoms with Crippen molar-refractivity contribution in [2.45, 2.75) is 23.8 Å². The van der Waals surface area contributed by atoms with Crippen LogP contribution < -0.4 is 15.5 Å². The summed E-state index contributed by atoms with van der Waals surface area (Å²) in [7, 11) is -3.96. The maximum absolute atomic E-state index is 15.7. The van der Waals surface area contributed by atoms with Gasteiger partial charge in [0.05, 0.1) is 5.69 Å². The van der Waals surface area contributed by atoms with Gasteiger partial charge in [0.2, 0.25) is 5.91 Å². The number of carbonyl (C=O) groups excluding carboxylic acids is 2. The van der Waals surface area contributed by atoms with Crippen LogP contribution in [0.4, 0.5) is 20.6 Å². The number of rotatable bonds is 5. The molecule has 0 aromatic heterocycles. The number of nitrogens with one attached hydrogen (secondary N) is 2. The zero-order valence-corrected chi connectivity index (χ0v) is 20.4. The summed E-state index contributed by atoms with van der Waals surface area (Å²) >= 11 is 5.85. The molecule has 0 aliphatic carbocycles. The highest BCUT2D eigenvalue weighted by Crippen LogP contribution is 2.36. The smallest absolute Gasteiger partial charge is 0.319 e. The highest BCUT2D eigenvalue weighted by atomic mass is 35.5. The van der Waals surface area contributed by atoms with Gasteiger partial charge in [-0.15, -0.1) is 0 Å². The lowest BCUT2D eigenvalue weighted by Crippen LogP contribution is -2.53. The van der Waals surface area contributed by atoms with Gasteiger partial charge in [-0.05, 0) is 48.7 Å². The second-order valence-electron chi connectivity index (χ2n) is 8.20. The highest BCUT2D eigenvalue weighted by Gasteiger charge is 2.34. The van der Waals surface area contributed by atoms with Crippen molar-refractivity contribution in [3.8, 4) is 11.1 Å². The third kappa shape index (κ3) is 5.47. The number of urea groups is 1. The summed E-state index contributed by atoms with van der Waals surface area (Å²) in [5, 5.41) is 5.76. The lowest BCUT2D eigenvalue weighted by atomic mass is 10.0. The summed E-state index contributed by atoms with van der Waals surface area (Å²) in [6.45, 7) is 0.195. The minimum Gasteiger partial charge on any atom is -0.326 e. The van der Waals surface area contributed by atoms with Crippen molar-refractivity contribution < 1.29 is 22.4 Å². The summed E-state index contributed by atoms with van der Waals surface area (Å²) in [4.78, 5) is 26.3. The molecule has 1 atom stereocenters. The second kappa shape index (κ2) is 10.1. The van der Waals surface area contributed by atoms with Crippen LogP contribution >= 0.6 is 11.6 Å². The molecule has 0 radical (unpaired) electrons. The maximum atomic E-state index is 15.7. The number of hydrogen-bond acceptors (Lipinski definition) is 4. The zero-order chi connectivity index (χ0) is 25.2. The molecule has 0 bridgehead atoms. The molecule has 1 aliphatic heterocycles. The van der Waals surface area contributed by atoms with Crippen molar-refractivity contribution in [2.24, 2.45) is 0 Å². The predicted molar refractivity (Wildman–Crippen MR) is 134 cm³/mol. The van der Waals surface area contributed by atoms with E-state index in [1.807, 2.05) is 0 Å². The van der Waals surface area contributed by atoms with E-state index in [-0.39, 0.29) is 17.8 Å². The van der Waals surface area contributed by atoms with Gasteiger partial charge >= 0.3 is 6.03 Å². The number of anilines is 2. The van der Waals surface area contributed by atoms with Crippen LogP contribution in [0.2, 0.25) is 5.02 Å². The van der Waals surface area contributed by atoms with Crippen molar-refractivity contribution in [2.75, 3.05) is 23.0 Å². The van der Waals surface area contributed by atoms with E-state index >= 15 is 4.39 Å². The van der Waals surface area contributed by atoms with Gasteiger partial charge in [0.1, 0.15) is 10.9 Å². The molecule has 7 nitrogen and oxygen atoms in total. The number of halogens is 2. The van der Waals surface area contributed by atoms with Crippen LogP contribution in [0.15, 0.2) is 71.6 Å². The Balaban J connectivity index is 1.60. The molecule has 35 heavy (non-hydrogen) atoms. The second-order valence-corrected chi connectivity index (χ2v) is 10.6. The molecule has 0 spiro atoms. The van der Waals surface area contributed by atoms with Gasteiger partial charge in [-0.1, -0.05) is 48.0 Å². The standard InChI is InChI=1S/C25H23ClFN3O4S/c1-35(33,34)23-19(16-6-3-2-4-7-16)13-14-21(22(23)27)30-15-5-8-20(24(30)31)29-25(32)28-18-11-9-17(26)10-12-18/h2-4,6-7,9-14,20H,5,8,15H2,1H3,(H2,28,29,32). The number of amides is 3. The van der Waals surface area contributed by atoms with E-state index in [0.717, 1.165) is 6.26 Å². The minimum absolute atomic E-state index is 0.139. The summed E-state index contributed by atoms with van der Waals surface area (Å²) in [5.74, 6) is -1.51. The van der Waals surface area contributed by atoms with E-state index in [2.05, 4.69) is 10.6 Å². The van der Waals surface area contributed by atoms with Crippen LogP contribution in [0, 0.1) is 5.82 Å². The van der Waals surface area contributed by atoms with Gasteiger partial charge in [-0.3, -0.25) is 4.79 Å². The van der Waals surface area contributed by atoms with Crippen molar-refractivity contribution in [1.82, 2.24) is 5.32 Å². The van der Waals surface area contributed by atoms with Gasteiger partial charge in [-0.2, -0.15) is 0 Å². The Hall–Kier alpha value is -3.43. The third-order valence-corrected chi connectivity index (χ3v) is 7.06. The van der Waals surface area contributed by atoms with Crippen molar-refractivity contribution in [3.63, 3.8) is 0 Å². The fraction of sp³-hybridized carbons (Fsp3) is 0.200. The Morgan fingerprint density at radius 1 is 1.06 bits per heavy atom. The van der Waals surface area contributed by atoms with E-state index in [0.29, 0.717) is 29.1 Å². The Kier molecular flexibility index (Phi) is 7.09. The first-order chi connectivity index (χ1) is 16.6. The van der Waals surface area contributed by atoms with Crippen LogP contribution in [0.25, 0.3) is 11.1 Å². The van der Waals surface area contributed by atoms with Crippen LogP contribution in [0.5, 0.6) is 0 Å².